The second-order valence-electron chi connectivity index (χ2n) is 4.47. The molecular weight excluding hydrogens is 196 g/mol. The predicted molar refractivity (Wildman–Crippen MR) is 58.0 cm³/mol. The zero-order chi connectivity index (χ0) is 11.6. The summed E-state index contributed by atoms with van der Waals surface area (Å²) in [6, 6.07) is 0. The monoisotopic (exact) mass is 218 g/mol. The Labute approximate surface area is 91.9 Å². The van der Waals surface area contributed by atoms with Crippen LogP contribution in [0.15, 0.2) is 0 Å². The third-order valence-electron chi connectivity index (χ3n) is 1.46. The van der Waals surface area contributed by atoms with E-state index >= 15 is 0 Å². The Morgan fingerprint density at radius 2 is 1.47 bits per heavy atom. The van der Waals surface area contributed by atoms with Crippen molar-refractivity contribution in [3.63, 3.8) is 0 Å². The molecular formula is C11H22O4. The standard InChI is InChI=1S/C11H22O4/c1-11(2,3)10-15-9-8-14-7-6-13-5-4-12/h4H,5-10H2,1-3H3. The molecule has 0 spiro atoms. The number of rotatable bonds is 9. The van der Waals surface area contributed by atoms with Crippen LogP contribution in [0.3, 0.4) is 0 Å². The first-order valence-electron chi connectivity index (χ1n) is 5.23. The van der Waals surface area contributed by atoms with E-state index in [1.807, 2.05) is 0 Å². The van der Waals surface area contributed by atoms with Gasteiger partial charge in [-0.25, -0.2) is 0 Å². The normalized spacial score (nSPS) is 11.7. The Hall–Kier alpha value is -0.450. The first-order valence-corrected chi connectivity index (χ1v) is 5.23. The van der Waals surface area contributed by atoms with E-state index in [0.717, 1.165) is 12.9 Å². The van der Waals surface area contributed by atoms with E-state index in [2.05, 4.69) is 20.8 Å². The first kappa shape index (κ1) is 14.6. The van der Waals surface area contributed by atoms with Crippen LogP contribution in [0.4, 0.5) is 0 Å². The molecule has 90 valence electrons. The molecule has 0 atom stereocenters. The Kier molecular flexibility index (Phi) is 8.56. The van der Waals surface area contributed by atoms with Gasteiger partial charge in [-0.05, 0) is 5.41 Å². The smallest absolute Gasteiger partial charge is 0.145 e. The maximum absolute atomic E-state index is 9.89. The van der Waals surface area contributed by atoms with Crippen LogP contribution < -0.4 is 0 Å². The Morgan fingerprint density at radius 1 is 0.933 bits per heavy atom. The second kappa shape index (κ2) is 8.83. The molecule has 0 fully saturated rings. The van der Waals surface area contributed by atoms with Gasteiger partial charge in [0.2, 0.25) is 0 Å². The van der Waals surface area contributed by atoms with Gasteiger partial charge in [0.25, 0.3) is 0 Å². The van der Waals surface area contributed by atoms with E-state index in [1.54, 1.807) is 0 Å². The molecule has 15 heavy (non-hydrogen) atoms. The molecule has 0 aliphatic carbocycles. The van der Waals surface area contributed by atoms with Crippen molar-refractivity contribution in [2.75, 3.05) is 39.6 Å². The van der Waals surface area contributed by atoms with E-state index in [9.17, 15) is 4.79 Å². The maximum atomic E-state index is 9.89. The van der Waals surface area contributed by atoms with Crippen molar-refractivity contribution in [1.82, 2.24) is 0 Å². The molecule has 0 radical (unpaired) electrons. The van der Waals surface area contributed by atoms with Gasteiger partial charge in [-0.15, -0.1) is 0 Å². The van der Waals surface area contributed by atoms with Crippen LogP contribution in [-0.2, 0) is 19.0 Å². The van der Waals surface area contributed by atoms with Gasteiger partial charge in [0.1, 0.15) is 12.9 Å². The molecule has 0 unspecified atom stereocenters. The van der Waals surface area contributed by atoms with Crippen LogP contribution in [0.1, 0.15) is 20.8 Å². The second-order valence-corrected chi connectivity index (χ2v) is 4.47. The zero-order valence-corrected chi connectivity index (χ0v) is 9.95. The van der Waals surface area contributed by atoms with Crippen LogP contribution in [0.25, 0.3) is 0 Å². The molecule has 0 bridgehead atoms. The third kappa shape index (κ3) is 13.6. The highest BCUT2D eigenvalue weighted by molar-refractivity contribution is 5.50. The number of hydrogen-bond donors (Lipinski definition) is 0. The van der Waals surface area contributed by atoms with E-state index in [-0.39, 0.29) is 12.0 Å². The average molecular weight is 218 g/mol. The molecule has 0 saturated heterocycles. The van der Waals surface area contributed by atoms with Crippen LogP contribution in [-0.4, -0.2) is 45.9 Å². The third-order valence-corrected chi connectivity index (χ3v) is 1.46. The Bertz CT molecular complexity index is 151. The van der Waals surface area contributed by atoms with Gasteiger partial charge in [0.15, 0.2) is 0 Å². The molecule has 0 heterocycles. The largest absolute Gasteiger partial charge is 0.379 e. The Balaban J connectivity index is 3.02. The summed E-state index contributed by atoms with van der Waals surface area (Å²) in [6.07, 6.45) is 0.729. The number of hydrogen-bond acceptors (Lipinski definition) is 4. The fourth-order valence-electron chi connectivity index (χ4n) is 0.848. The molecule has 0 rings (SSSR count). The van der Waals surface area contributed by atoms with E-state index in [1.165, 1.54) is 0 Å². The number of carbonyl (C=O) groups is 1. The summed E-state index contributed by atoms with van der Waals surface area (Å²) < 4.78 is 15.5. The predicted octanol–water partition coefficient (Wildman–Crippen LogP) is 1.28. The molecule has 0 aromatic rings. The van der Waals surface area contributed by atoms with Crippen LogP contribution >= 0.6 is 0 Å². The summed E-state index contributed by atoms with van der Waals surface area (Å²) in [7, 11) is 0. The minimum atomic E-state index is 0.143. The van der Waals surface area contributed by atoms with Crippen molar-refractivity contribution >= 4 is 6.29 Å². The fourth-order valence-corrected chi connectivity index (χ4v) is 0.848. The molecule has 0 saturated carbocycles. The van der Waals surface area contributed by atoms with Crippen molar-refractivity contribution in [1.29, 1.82) is 0 Å². The average Bonchev–Trinajstić information content (AvgIpc) is 2.14. The Morgan fingerprint density at radius 3 is 2.00 bits per heavy atom. The number of ether oxygens (including phenoxy) is 3. The van der Waals surface area contributed by atoms with Crippen molar-refractivity contribution < 1.29 is 19.0 Å². The summed E-state index contributed by atoms with van der Waals surface area (Å²) >= 11 is 0. The van der Waals surface area contributed by atoms with Gasteiger partial charge in [-0.1, -0.05) is 20.8 Å². The van der Waals surface area contributed by atoms with Gasteiger partial charge in [0, 0.05) is 0 Å². The molecule has 0 aromatic heterocycles. The van der Waals surface area contributed by atoms with Crippen molar-refractivity contribution in [3.8, 4) is 0 Å². The number of aldehydes is 1. The minimum absolute atomic E-state index is 0.143. The van der Waals surface area contributed by atoms with Gasteiger partial charge in [-0.3, -0.25) is 0 Å². The lowest BCUT2D eigenvalue weighted by Crippen LogP contribution is -2.17. The lowest BCUT2D eigenvalue weighted by atomic mass is 9.99. The molecule has 4 nitrogen and oxygen atoms in total. The summed E-state index contributed by atoms with van der Waals surface area (Å²) in [5, 5.41) is 0. The van der Waals surface area contributed by atoms with E-state index < -0.39 is 0 Å². The zero-order valence-electron chi connectivity index (χ0n) is 9.95. The maximum Gasteiger partial charge on any atom is 0.145 e. The molecule has 0 aromatic carbocycles. The molecule has 0 N–H and O–H groups in total. The summed E-state index contributed by atoms with van der Waals surface area (Å²) in [4.78, 5) is 9.89. The first-order chi connectivity index (χ1) is 7.06. The summed E-state index contributed by atoms with van der Waals surface area (Å²) in [5.74, 6) is 0. The molecule has 0 amide bonds. The summed E-state index contributed by atoms with van der Waals surface area (Å²) in [6.45, 7) is 9.39. The molecule has 0 aliphatic heterocycles. The van der Waals surface area contributed by atoms with Gasteiger partial charge < -0.3 is 19.0 Å². The topological polar surface area (TPSA) is 44.8 Å². The van der Waals surface area contributed by atoms with Crippen LogP contribution in [0, 0.1) is 5.41 Å². The van der Waals surface area contributed by atoms with Crippen molar-refractivity contribution in [2.24, 2.45) is 5.41 Å². The SMILES string of the molecule is CC(C)(C)COCCOCCOCC=O. The molecule has 0 aliphatic rings. The van der Waals surface area contributed by atoms with Crippen molar-refractivity contribution in [2.45, 2.75) is 20.8 Å². The minimum Gasteiger partial charge on any atom is -0.379 e. The van der Waals surface area contributed by atoms with Crippen molar-refractivity contribution in [3.05, 3.63) is 0 Å². The van der Waals surface area contributed by atoms with Crippen LogP contribution in [0.2, 0.25) is 0 Å². The van der Waals surface area contributed by atoms with Gasteiger partial charge >= 0.3 is 0 Å². The van der Waals surface area contributed by atoms with Crippen LogP contribution in [0.5, 0.6) is 0 Å². The van der Waals surface area contributed by atoms with Gasteiger partial charge in [0.05, 0.1) is 33.0 Å². The highest BCUT2D eigenvalue weighted by Gasteiger charge is 2.09. The fraction of sp³-hybridized carbons (Fsp3) is 0.909. The lowest BCUT2D eigenvalue weighted by Gasteiger charge is -2.17. The highest BCUT2D eigenvalue weighted by Crippen LogP contribution is 2.12. The molecule has 4 heteroatoms. The van der Waals surface area contributed by atoms with E-state index in [0.29, 0.717) is 26.4 Å². The number of carbonyl (C=O) groups excluding carboxylic acids is 1. The lowest BCUT2D eigenvalue weighted by molar-refractivity contribution is -0.112. The summed E-state index contributed by atoms with van der Waals surface area (Å²) in [5.41, 5.74) is 0.201. The highest BCUT2D eigenvalue weighted by atomic mass is 16.5. The van der Waals surface area contributed by atoms with Gasteiger partial charge in [-0.2, -0.15) is 0 Å². The van der Waals surface area contributed by atoms with E-state index in [4.69, 9.17) is 14.2 Å². The quantitative estimate of drug-likeness (QED) is 0.432.